The number of halogens is 1. The van der Waals surface area contributed by atoms with Gasteiger partial charge in [-0.3, -0.25) is 4.90 Å². The third kappa shape index (κ3) is 2.77. The highest BCUT2D eigenvalue weighted by atomic mass is 35.5. The molecule has 0 amide bonds. The summed E-state index contributed by atoms with van der Waals surface area (Å²) in [6.45, 7) is 2.10. The molecular weight excluding hydrogens is 222 g/mol. The second-order valence-electron chi connectivity index (χ2n) is 4.51. The Morgan fingerprint density at radius 1 is 1.50 bits per heavy atom. The number of alkyl halides is 1. The number of nitrogens with zero attached hydrogens (tertiary/aromatic N) is 3. The highest BCUT2D eigenvalue weighted by Crippen LogP contribution is 2.24. The van der Waals surface area contributed by atoms with Gasteiger partial charge in [-0.2, -0.15) is 0 Å². The largest absolute Gasteiger partial charge is 0.338 e. The molecule has 2 rings (SSSR count). The molecule has 16 heavy (non-hydrogen) atoms. The lowest BCUT2D eigenvalue weighted by molar-refractivity contribution is 0.135. The molecule has 0 unspecified atom stereocenters. The van der Waals surface area contributed by atoms with Crippen molar-refractivity contribution in [3.63, 3.8) is 0 Å². The zero-order valence-electron chi connectivity index (χ0n) is 9.90. The number of imidazole rings is 1. The molecule has 1 aromatic heterocycles. The van der Waals surface area contributed by atoms with Crippen LogP contribution in [0.15, 0.2) is 12.4 Å². The molecule has 0 radical (unpaired) electrons. The Balaban J connectivity index is 1.83. The molecule has 1 heterocycles. The van der Waals surface area contributed by atoms with Gasteiger partial charge in [0, 0.05) is 50.9 Å². The van der Waals surface area contributed by atoms with Crippen molar-refractivity contribution in [2.75, 3.05) is 19.0 Å². The normalized spacial score (nSPS) is 16.7. The number of aryl methyl sites for hydroxylation is 1. The zero-order valence-corrected chi connectivity index (χ0v) is 10.7. The van der Waals surface area contributed by atoms with Crippen LogP contribution in [-0.2, 0) is 13.5 Å². The number of rotatable bonds is 6. The maximum absolute atomic E-state index is 5.85. The van der Waals surface area contributed by atoms with E-state index in [4.69, 9.17) is 11.6 Å². The average Bonchev–Trinajstić information content (AvgIpc) is 2.58. The van der Waals surface area contributed by atoms with E-state index in [1.165, 1.54) is 25.1 Å². The van der Waals surface area contributed by atoms with E-state index in [-0.39, 0.29) is 0 Å². The second-order valence-corrected chi connectivity index (χ2v) is 4.89. The van der Waals surface area contributed by atoms with Gasteiger partial charge < -0.3 is 4.57 Å². The third-order valence-electron chi connectivity index (χ3n) is 3.51. The van der Waals surface area contributed by atoms with Crippen molar-refractivity contribution in [2.45, 2.75) is 31.7 Å². The summed E-state index contributed by atoms with van der Waals surface area (Å²) >= 11 is 5.85. The molecule has 0 bridgehead atoms. The first-order valence-corrected chi connectivity index (χ1v) is 6.61. The molecule has 3 nitrogen and oxygen atoms in total. The minimum absolute atomic E-state index is 0.733. The van der Waals surface area contributed by atoms with Crippen molar-refractivity contribution >= 4 is 11.6 Å². The van der Waals surface area contributed by atoms with Crippen LogP contribution in [0, 0.1) is 0 Å². The minimum atomic E-state index is 0.733. The molecule has 0 N–H and O–H groups in total. The van der Waals surface area contributed by atoms with Gasteiger partial charge in [0.2, 0.25) is 0 Å². The van der Waals surface area contributed by atoms with Crippen molar-refractivity contribution in [1.82, 2.24) is 14.5 Å². The third-order valence-corrected chi connectivity index (χ3v) is 3.68. The Morgan fingerprint density at radius 3 is 2.81 bits per heavy atom. The maximum atomic E-state index is 5.85. The molecule has 1 fully saturated rings. The molecule has 1 aliphatic carbocycles. The van der Waals surface area contributed by atoms with E-state index in [2.05, 4.69) is 21.5 Å². The Bertz CT molecular complexity index is 320. The topological polar surface area (TPSA) is 21.1 Å². The summed E-state index contributed by atoms with van der Waals surface area (Å²) < 4.78 is 2.10. The van der Waals surface area contributed by atoms with Crippen molar-refractivity contribution in [3.05, 3.63) is 18.2 Å². The standard InChI is InChI=1S/C12H20ClN3/c1-15-10-7-14-12(15)5-8-16(9-6-13)11-3-2-4-11/h7,10-11H,2-6,8-9H2,1H3. The van der Waals surface area contributed by atoms with Crippen LogP contribution >= 0.6 is 11.6 Å². The molecule has 0 atom stereocenters. The Morgan fingerprint density at radius 2 is 2.31 bits per heavy atom. The Kier molecular flexibility index (Phi) is 4.24. The van der Waals surface area contributed by atoms with Gasteiger partial charge in [-0.05, 0) is 12.8 Å². The smallest absolute Gasteiger partial charge is 0.109 e. The van der Waals surface area contributed by atoms with E-state index in [1.54, 1.807) is 0 Å². The van der Waals surface area contributed by atoms with E-state index >= 15 is 0 Å². The number of hydrogen-bond donors (Lipinski definition) is 0. The van der Waals surface area contributed by atoms with Gasteiger partial charge in [-0.15, -0.1) is 11.6 Å². The number of aromatic nitrogens is 2. The molecule has 4 heteroatoms. The monoisotopic (exact) mass is 241 g/mol. The van der Waals surface area contributed by atoms with Crippen LogP contribution in [-0.4, -0.2) is 39.5 Å². The second kappa shape index (κ2) is 5.69. The Labute approximate surface area is 102 Å². The summed E-state index contributed by atoms with van der Waals surface area (Å²) in [4.78, 5) is 6.87. The first-order chi connectivity index (χ1) is 7.81. The van der Waals surface area contributed by atoms with Gasteiger partial charge in [-0.1, -0.05) is 6.42 Å². The summed E-state index contributed by atoms with van der Waals surface area (Å²) in [7, 11) is 2.05. The van der Waals surface area contributed by atoms with Crippen LogP contribution in [0.3, 0.4) is 0 Å². The van der Waals surface area contributed by atoms with Crippen LogP contribution < -0.4 is 0 Å². The SMILES string of the molecule is Cn1ccnc1CCN(CCCl)C1CCC1. The Hall–Kier alpha value is -0.540. The van der Waals surface area contributed by atoms with Crippen molar-refractivity contribution < 1.29 is 0 Å². The maximum Gasteiger partial charge on any atom is 0.109 e. The van der Waals surface area contributed by atoms with Crippen molar-refractivity contribution in [3.8, 4) is 0 Å². The summed E-state index contributed by atoms with van der Waals surface area (Å²) in [5.41, 5.74) is 0. The first kappa shape index (κ1) is 11.9. The molecule has 1 saturated carbocycles. The van der Waals surface area contributed by atoms with Crippen LogP contribution in [0.25, 0.3) is 0 Å². The molecule has 1 aromatic rings. The predicted octanol–water partition coefficient (Wildman–Crippen LogP) is 2.06. The fourth-order valence-electron chi connectivity index (χ4n) is 2.22. The summed E-state index contributed by atoms with van der Waals surface area (Å²) in [5.74, 6) is 1.90. The van der Waals surface area contributed by atoms with Crippen LogP contribution in [0.4, 0.5) is 0 Å². The van der Waals surface area contributed by atoms with Gasteiger partial charge in [0.15, 0.2) is 0 Å². The molecule has 0 spiro atoms. The average molecular weight is 242 g/mol. The van der Waals surface area contributed by atoms with Crippen molar-refractivity contribution in [1.29, 1.82) is 0 Å². The van der Waals surface area contributed by atoms with Gasteiger partial charge in [0.25, 0.3) is 0 Å². The van der Waals surface area contributed by atoms with Gasteiger partial charge in [-0.25, -0.2) is 4.98 Å². The fourth-order valence-corrected chi connectivity index (χ4v) is 2.44. The van der Waals surface area contributed by atoms with Gasteiger partial charge in [0.1, 0.15) is 5.82 Å². The summed E-state index contributed by atoms with van der Waals surface area (Å²) in [6.07, 6.45) is 8.97. The zero-order chi connectivity index (χ0) is 11.4. The van der Waals surface area contributed by atoms with Crippen molar-refractivity contribution in [2.24, 2.45) is 7.05 Å². The lowest BCUT2D eigenvalue weighted by Crippen LogP contribution is -2.42. The van der Waals surface area contributed by atoms with Crippen LogP contribution in [0.2, 0.25) is 0 Å². The first-order valence-electron chi connectivity index (χ1n) is 6.07. The predicted molar refractivity (Wildman–Crippen MR) is 66.8 cm³/mol. The lowest BCUT2D eigenvalue weighted by atomic mass is 9.91. The minimum Gasteiger partial charge on any atom is -0.338 e. The molecule has 1 aliphatic rings. The van der Waals surface area contributed by atoms with E-state index in [1.807, 2.05) is 12.4 Å². The fraction of sp³-hybridized carbons (Fsp3) is 0.750. The van der Waals surface area contributed by atoms with E-state index in [9.17, 15) is 0 Å². The lowest BCUT2D eigenvalue weighted by Gasteiger charge is -2.37. The van der Waals surface area contributed by atoms with Crippen LogP contribution in [0.5, 0.6) is 0 Å². The quantitative estimate of drug-likeness (QED) is 0.711. The summed E-state index contributed by atoms with van der Waals surface area (Å²) in [6, 6.07) is 0.777. The van der Waals surface area contributed by atoms with E-state index in [0.717, 1.165) is 31.4 Å². The molecule has 0 saturated heterocycles. The molecule has 0 aromatic carbocycles. The van der Waals surface area contributed by atoms with Crippen LogP contribution in [0.1, 0.15) is 25.1 Å². The van der Waals surface area contributed by atoms with Gasteiger partial charge in [0.05, 0.1) is 0 Å². The van der Waals surface area contributed by atoms with E-state index < -0.39 is 0 Å². The highest BCUT2D eigenvalue weighted by molar-refractivity contribution is 6.18. The molecule has 0 aliphatic heterocycles. The molecular formula is C12H20ClN3. The summed E-state index contributed by atoms with van der Waals surface area (Å²) in [5, 5.41) is 0. The van der Waals surface area contributed by atoms with E-state index in [0.29, 0.717) is 0 Å². The van der Waals surface area contributed by atoms with Gasteiger partial charge >= 0.3 is 0 Å². The molecule has 90 valence electrons. The highest BCUT2D eigenvalue weighted by Gasteiger charge is 2.24. The number of hydrogen-bond acceptors (Lipinski definition) is 2.